The van der Waals surface area contributed by atoms with Gasteiger partial charge < -0.3 is 14.2 Å². The van der Waals surface area contributed by atoms with Crippen LogP contribution in [-0.4, -0.2) is 39.2 Å². The smallest absolute Gasteiger partial charge is 0.308 e. The van der Waals surface area contributed by atoms with Crippen molar-refractivity contribution >= 4 is 17.9 Å². The first-order valence-electron chi connectivity index (χ1n) is 10.3. The predicted molar refractivity (Wildman–Crippen MR) is 104 cm³/mol. The molecule has 0 amide bonds. The van der Waals surface area contributed by atoms with E-state index in [-0.39, 0.29) is 23.8 Å². The van der Waals surface area contributed by atoms with E-state index in [2.05, 4.69) is 9.47 Å². The van der Waals surface area contributed by atoms with E-state index in [0.29, 0.717) is 12.8 Å². The summed E-state index contributed by atoms with van der Waals surface area (Å²) in [4.78, 5) is 34.0. The SMILES string of the molecule is COC(=O)CCCCCCCCC(CCCCCCC(=O)OC)C(=O)OC. The van der Waals surface area contributed by atoms with Crippen LogP contribution >= 0.6 is 0 Å². The first kappa shape index (κ1) is 25.4. The number of carbonyl (C=O) groups excluding carboxylic acids is 3. The van der Waals surface area contributed by atoms with E-state index >= 15 is 0 Å². The third-order valence-electron chi connectivity index (χ3n) is 4.86. The van der Waals surface area contributed by atoms with Gasteiger partial charge in [-0.3, -0.25) is 14.4 Å². The molecule has 0 saturated carbocycles. The number of hydrogen-bond acceptors (Lipinski definition) is 6. The van der Waals surface area contributed by atoms with Crippen LogP contribution in [0.4, 0.5) is 0 Å². The van der Waals surface area contributed by atoms with Gasteiger partial charge in [-0.05, 0) is 25.7 Å². The van der Waals surface area contributed by atoms with Crippen LogP contribution in [0.2, 0.25) is 0 Å². The number of esters is 3. The maximum atomic E-state index is 11.9. The maximum Gasteiger partial charge on any atom is 0.308 e. The number of carbonyl (C=O) groups is 3. The number of unbranched alkanes of at least 4 members (excludes halogenated alkanes) is 8. The topological polar surface area (TPSA) is 78.9 Å². The lowest BCUT2D eigenvalue weighted by atomic mass is 9.94. The normalized spacial score (nSPS) is 11.7. The van der Waals surface area contributed by atoms with Gasteiger partial charge in [-0.2, -0.15) is 0 Å². The summed E-state index contributed by atoms with van der Waals surface area (Å²) in [6.07, 6.45) is 12.8. The monoisotopic (exact) mass is 386 g/mol. The Morgan fingerprint density at radius 2 is 0.926 bits per heavy atom. The molecule has 6 heteroatoms. The summed E-state index contributed by atoms with van der Waals surface area (Å²) < 4.78 is 14.2. The highest BCUT2D eigenvalue weighted by Crippen LogP contribution is 2.20. The fourth-order valence-electron chi connectivity index (χ4n) is 3.13. The molecule has 0 aliphatic heterocycles. The number of rotatable bonds is 17. The van der Waals surface area contributed by atoms with Crippen molar-refractivity contribution in [3.05, 3.63) is 0 Å². The molecule has 0 radical (unpaired) electrons. The van der Waals surface area contributed by atoms with Crippen LogP contribution in [0.1, 0.15) is 89.9 Å². The van der Waals surface area contributed by atoms with Crippen LogP contribution in [0.15, 0.2) is 0 Å². The highest BCUT2D eigenvalue weighted by molar-refractivity contribution is 5.72. The molecule has 27 heavy (non-hydrogen) atoms. The van der Waals surface area contributed by atoms with Crippen molar-refractivity contribution in [2.45, 2.75) is 89.9 Å². The quantitative estimate of drug-likeness (QED) is 0.207. The average Bonchev–Trinajstić information content (AvgIpc) is 2.69. The molecule has 0 heterocycles. The molecule has 0 aliphatic rings. The summed E-state index contributed by atoms with van der Waals surface area (Å²) in [5.74, 6) is -0.425. The minimum absolute atomic E-state index is 0.0186. The molecule has 1 unspecified atom stereocenters. The molecule has 0 aromatic heterocycles. The standard InChI is InChI=1S/C21H38O6/c1-25-19(22)16-12-7-5-4-6-10-14-18(21(24)27-3)15-11-8-9-13-17-20(23)26-2/h18H,4-17H2,1-3H3. The lowest BCUT2D eigenvalue weighted by molar-refractivity contribution is -0.146. The van der Waals surface area contributed by atoms with E-state index in [9.17, 15) is 14.4 Å². The zero-order valence-electron chi connectivity index (χ0n) is 17.4. The Bertz CT molecular complexity index is 407. The molecule has 0 aliphatic carbocycles. The van der Waals surface area contributed by atoms with Crippen LogP contribution in [0.5, 0.6) is 0 Å². The van der Waals surface area contributed by atoms with Crippen LogP contribution in [0.25, 0.3) is 0 Å². The van der Waals surface area contributed by atoms with Crippen molar-refractivity contribution in [1.82, 2.24) is 0 Å². The second-order valence-electron chi connectivity index (χ2n) is 6.99. The van der Waals surface area contributed by atoms with Crippen LogP contribution in [-0.2, 0) is 28.6 Å². The van der Waals surface area contributed by atoms with Gasteiger partial charge in [0.25, 0.3) is 0 Å². The molecule has 6 nitrogen and oxygen atoms in total. The number of methoxy groups -OCH3 is 3. The number of ether oxygens (including phenoxy) is 3. The van der Waals surface area contributed by atoms with E-state index < -0.39 is 0 Å². The molecule has 0 aromatic rings. The molecule has 0 rings (SSSR count). The Kier molecular flexibility index (Phi) is 16.8. The van der Waals surface area contributed by atoms with Gasteiger partial charge in [0, 0.05) is 12.8 Å². The fraction of sp³-hybridized carbons (Fsp3) is 0.857. The molecule has 0 fully saturated rings. The Balaban J connectivity index is 3.74. The molecule has 0 aromatic carbocycles. The summed E-state index contributed by atoms with van der Waals surface area (Å²) in [6, 6.07) is 0. The van der Waals surface area contributed by atoms with Crippen LogP contribution in [0.3, 0.4) is 0 Å². The van der Waals surface area contributed by atoms with Gasteiger partial charge in [0.05, 0.1) is 27.2 Å². The van der Waals surface area contributed by atoms with E-state index in [1.807, 2.05) is 0 Å². The lowest BCUT2D eigenvalue weighted by Gasteiger charge is -2.14. The third kappa shape index (κ3) is 15.2. The van der Waals surface area contributed by atoms with E-state index in [1.165, 1.54) is 21.3 Å². The van der Waals surface area contributed by atoms with Gasteiger partial charge in [0.1, 0.15) is 0 Å². The van der Waals surface area contributed by atoms with Crippen molar-refractivity contribution in [1.29, 1.82) is 0 Å². The highest BCUT2D eigenvalue weighted by atomic mass is 16.5. The summed E-state index contributed by atoms with van der Waals surface area (Å²) in [5, 5.41) is 0. The second-order valence-corrected chi connectivity index (χ2v) is 6.99. The molecule has 1 atom stereocenters. The van der Waals surface area contributed by atoms with Crippen molar-refractivity contribution in [2.24, 2.45) is 5.92 Å². The van der Waals surface area contributed by atoms with E-state index in [1.54, 1.807) is 0 Å². The summed E-state index contributed by atoms with van der Waals surface area (Å²) in [6.45, 7) is 0. The molecular weight excluding hydrogens is 348 g/mol. The van der Waals surface area contributed by atoms with Crippen LogP contribution in [0, 0.1) is 5.92 Å². The number of hydrogen-bond donors (Lipinski definition) is 0. The summed E-state index contributed by atoms with van der Waals surface area (Å²) in [5.41, 5.74) is 0. The minimum Gasteiger partial charge on any atom is -0.469 e. The van der Waals surface area contributed by atoms with Crippen molar-refractivity contribution < 1.29 is 28.6 Å². The van der Waals surface area contributed by atoms with Crippen LogP contribution < -0.4 is 0 Å². The Morgan fingerprint density at radius 3 is 1.30 bits per heavy atom. The lowest BCUT2D eigenvalue weighted by Crippen LogP contribution is -2.16. The van der Waals surface area contributed by atoms with Gasteiger partial charge in [-0.15, -0.1) is 0 Å². The minimum atomic E-state index is -0.160. The molecule has 0 bridgehead atoms. The summed E-state index contributed by atoms with van der Waals surface area (Å²) in [7, 11) is 4.28. The largest absolute Gasteiger partial charge is 0.469 e. The van der Waals surface area contributed by atoms with Gasteiger partial charge in [-0.25, -0.2) is 0 Å². The molecule has 158 valence electrons. The average molecular weight is 387 g/mol. The van der Waals surface area contributed by atoms with Crippen molar-refractivity contribution in [2.75, 3.05) is 21.3 Å². The zero-order chi connectivity index (χ0) is 20.3. The first-order chi connectivity index (χ1) is 13.0. The Labute approximate surface area is 164 Å². The van der Waals surface area contributed by atoms with Gasteiger partial charge in [0.2, 0.25) is 0 Å². The van der Waals surface area contributed by atoms with E-state index in [0.717, 1.165) is 77.0 Å². The van der Waals surface area contributed by atoms with Gasteiger partial charge >= 0.3 is 17.9 Å². The third-order valence-corrected chi connectivity index (χ3v) is 4.86. The van der Waals surface area contributed by atoms with Gasteiger partial charge in [-0.1, -0.05) is 51.4 Å². The Hall–Kier alpha value is -1.59. The predicted octanol–water partition coefficient (Wildman–Crippen LogP) is 4.58. The van der Waals surface area contributed by atoms with E-state index in [4.69, 9.17) is 4.74 Å². The zero-order valence-corrected chi connectivity index (χ0v) is 17.4. The first-order valence-corrected chi connectivity index (χ1v) is 10.3. The summed E-state index contributed by atoms with van der Waals surface area (Å²) >= 11 is 0. The molecular formula is C21H38O6. The second kappa shape index (κ2) is 17.8. The Morgan fingerprint density at radius 1 is 0.556 bits per heavy atom. The van der Waals surface area contributed by atoms with Crippen molar-refractivity contribution in [3.8, 4) is 0 Å². The molecule has 0 N–H and O–H groups in total. The maximum absolute atomic E-state index is 11.9. The fourth-order valence-corrected chi connectivity index (χ4v) is 3.13. The molecule has 0 saturated heterocycles. The highest BCUT2D eigenvalue weighted by Gasteiger charge is 2.18. The van der Waals surface area contributed by atoms with Crippen molar-refractivity contribution in [3.63, 3.8) is 0 Å². The van der Waals surface area contributed by atoms with Gasteiger partial charge in [0.15, 0.2) is 0 Å². The molecule has 0 spiro atoms.